The summed E-state index contributed by atoms with van der Waals surface area (Å²) in [6.07, 6.45) is 1.62. The molecule has 0 aliphatic heterocycles. The molecule has 3 rings (SSSR count). The maximum absolute atomic E-state index is 14.0. The molecule has 0 spiro atoms. The van der Waals surface area contributed by atoms with Gasteiger partial charge in [-0.15, -0.1) is 0 Å². The third kappa shape index (κ3) is 3.38. The highest BCUT2D eigenvalue weighted by atomic mass is 79.9. The van der Waals surface area contributed by atoms with E-state index in [1.54, 1.807) is 17.5 Å². The van der Waals surface area contributed by atoms with E-state index in [-0.39, 0.29) is 24.1 Å². The Bertz CT molecular complexity index is 938. The summed E-state index contributed by atoms with van der Waals surface area (Å²) in [5, 5.41) is 0. The first-order chi connectivity index (χ1) is 12.4. The summed E-state index contributed by atoms with van der Waals surface area (Å²) in [7, 11) is 0. The summed E-state index contributed by atoms with van der Waals surface area (Å²) in [4.78, 5) is 16.9. The first-order valence-corrected chi connectivity index (χ1v) is 9.32. The molecule has 4 nitrogen and oxygen atoms in total. The van der Waals surface area contributed by atoms with Crippen molar-refractivity contribution in [3.8, 4) is 0 Å². The van der Waals surface area contributed by atoms with Gasteiger partial charge in [-0.05, 0) is 34.3 Å². The number of esters is 1. The van der Waals surface area contributed by atoms with Crippen LogP contribution in [0.3, 0.4) is 0 Å². The second-order valence-electron chi connectivity index (χ2n) is 6.40. The number of carbonyl (C=O) groups is 1. The maximum Gasteiger partial charge on any atom is 0.358 e. The summed E-state index contributed by atoms with van der Waals surface area (Å²) >= 11 is 3.23. The monoisotopic (exact) mass is 418 g/mol. The molecule has 0 amide bonds. The average Bonchev–Trinajstić information content (AvgIpc) is 2.95. The molecule has 26 heavy (non-hydrogen) atoms. The van der Waals surface area contributed by atoms with Crippen molar-refractivity contribution in [2.75, 3.05) is 6.61 Å². The largest absolute Gasteiger partial charge is 0.461 e. The topological polar surface area (TPSA) is 43.6 Å². The Balaban J connectivity index is 2.31. The Morgan fingerprint density at radius 2 is 2.00 bits per heavy atom. The van der Waals surface area contributed by atoms with Gasteiger partial charge in [0.15, 0.2) is 5.69 Å². The number of pyridine rings is 1. The maximum atomic E-state index is 14.0. The quantitative estimate of drug-likeness (QED) is 0.534. The molecule has 0 saturated heterocycles. The lowest BCUT2D eigenvalue weighted by Gasteiger charge is -2.22. The van der Waals surface area contributed by atoms with Crippen LogP contribution in [-0.2, 0) is 4.74 Å². The molecular weight excluding hydrogens is 399 g/mol. The van der Waals surface area contributed by atoms with E-state index in [0.717, 1.165) is 5.56 Å². The van der Waals surface area contributed by atoms with Gasteiger partial charge >= 0.3 is 5.97 Å². The number of rotatable bonds is 5. The van der Waals surface area contributed by atoms with Gasteiger partial charge in [0.05, 0.1) is 16.8 Å². The smallest absolute Gasteiger partial charge is 0.358 e. The summed E-state index contributed by atoms with van der Waals surface area (Å²) < 4.78 is 21.3. The Morgan fingerprint density at radius 3 is 2.62 bits per heavy atom. The van der Waals surface area contributed by atoms with Crippen LogP contribution in [0.15, 0.2) is 47.1 Å². The molecule has 0 radical (unpaired) electrons. The standard InChI is InChI=1S/C20H20BrFN2O2/c1-4-26-20(25)18-19(17(12(2)3)13-8-6-5-7-9-13)24-11-14(21)15(22)10-16(24)23-18/h5-12,17H,4H2,1-3H3. The molecule has 1 unspecified atom stereocenters. The molecule has 1 aromatic carbocycles. The van der Waals surface area contributed by atoms with Crippen molar-refractivity contribution in [1.29, 1.82) is 0 Å². The molecule has 0 fully saturated rings. The van der Waals surface area contributed by atoms with E-state index < -0.39 is 11.8 Å². The normalized spacial score (nSPS) is 12.5. The van der Waals surface area contributed by atoms with Gasteiger partial charge in [0, 0.05) is 18.2 Å². The van der Waals surface area contributed by atoms with E-state index in [9.17, 15) is 9.18 Å². The van der Waals surface area contributed by atoms with Gasteiger partial charge in [-0.2, -0.15) is 0 Å². The van der Waals surface area contributed by atoms with Crippen molar-refractivity contribution in [1.82, 2.24) is 9.38 Å². The van der Waals surface area contributed by atoms with E-state index >= 15 is 0 Å². The van der Waals surface area contributed by atoms with Crippen molar-refractivity contribution in [3.05, 3.63) is 69.8 Å². The Kier molecular flexibility index (Phi) is 5.41. The molecule has 3 aromatic rings. The lowest BCUT2D eigenvalue weighted by molar-refractivity contribution is 0.0518. The van der Waals surface area contributed by atoms with Crippen LogP contribution in [-0.4, -0.2) is 22.0 Å². The first kappa shape index (κ1) is 18.6. The van der Waals surface area contributed by atoms with Crippen LogP contribution in [0.4, 0.5) is 4.39 Å². The molecule has 6 heteroatoms. The van der Waals surface area contributed by atoms with E-state index in [1.807, 2.05) is 30.3 Å². The minimum atomic E-state index is -0.496. The fraction of sp³-hybridized carbons (Fsp3) is 0.300. The number of imidazole rings is 1. The molecule has 0 aliphatic carbocycles. The minimum Gasteiger partial charge on any atom is -0.461 e. The van der Waals surface area contributed by atoms with Gasteiger partial charge in [-0.1, -0.05) is 44.2 Å². The second-order valence-corrected chi connectivity index (χ2v) is 7.25. The average molecular weight is 419 g/mol. The highest BCUT2D eigenvalue weighted by molar-refractivity contribution is 9.10. The highest BCUT2D eigenvalue weighted by Gasteiger charge is 2.30. The Labute approximate surface area is 160 Å². The van der Waals surface area contributed by atoms with Crippen LogP contribution in [0.2, 0.25) is 0 Å². The van der Waals surface area contributed by atoms with Gasteiger partial charge in [0.1, 0.15) is 11.5 Å². The Morgan fingerprint density at radius 1 is 1.31 bits per heavy atom. The molecule has 1 atom stereocenters. The molecule has 0 aliphatic rings. The third-order valence-electron chi connectivity index (χ3n) is 4.29. The third-order valence-corrected chi connectivity index (χ3v) is 4.87. The summed E-state index contributed by atoms with van der Waals surface area (Å²) in [6, 6.07) is 11.3. The fourth-order valence-corrected chi connectivity index (χ4v) is 3.54. The van der Waals surface area contributed by atoms with Gasteiger partial charge < -0.3 is 9.14 Å². The Hall–Kier alpha value is -2.21. The number of hydrogen-bond acceptors (Lipinski definition) is 3. The van der Waals surface area contributed by atoms with Crippen LogP contribution in [0.5, 0.6) is 0 Å². The minimum absolute atomic E-state index is 0.0945. The zero-order valence-corrected chi connectivity index (χ0v) is 16.5. The van der Waals surface area contributed by atoms with Gasteiger partial charge in [0.25, 0.3) is 0 Å². The number of aromatic nitrogens is 2. The van der Waals surface area contributed by atoms with Crippen molar-refractivity contribution in [2.45, 2.75) is 26.7 Å². The number of benzene rings is 1. The summed E-state index contributed by atoms with van der Waals surface area (Å²) in [6.45, 7) is 6.18. The number of ether oxygens (including phenoxy) is 1. The van der Waals surface area contributed by atoms with Crippen molar-refractivity contribution >= 4 is 27.5 Å². The molecule has 0 bridgehead atoms. The zero-order valence-electron chi connectivity index (χ0n) is 14.9. The van der Waals surface area contributed by atoms with E-state index in [2.05, 4.69) is 34.8 Å². The second kappa shape index (κ2) is 7.58. The van der Waals surface area contributed by atoms with Gasteiger partial charge in [0.2, 0.25) is 0 Å². The lowest BCUT2D eigenvalue weighted by Crippen LogP contribution is -2.17. The van der Waals surface area contributed by atoms with Gasteiger partial charge in [-0.3, -0.25) is 0 Å². The first-order valence-electron chi connectivity index (χ1n) is 8.53. The van der Waals surface area contributed by atoms with Crippen LogP contribution in [0.25, 0.3) is 5.65 Å². The van der Waals surface area contributed by atoms with Crippen molar-refractivity contribution in [2.24, 2.45) is 5.92 Å². The van der Waals surface area contributed by atoms with E-state index in [1.165, 1.54) is 6.07 Å². The molecule has 0 N–H and O–H groups in total. The molecular formula is C20H20BrFN2O2. The van der Waals surface area contributed by atoms with Crippen LogP contribution >= 0.6 is 15.9 Å². The van der Waals surface area contributed by atoms with Crippen LogP contribution < -0.4 is 0 Å². The van der Waals surface area contributed by atoms with E-state index in [4.69, 9.17) is 4.74 Å². The number of halogens is 2. The fourth-order valence-electron chi connectivity index (χ4n) is 3.22. The van der Waals surface area contributed by atoms with Crippen molar-refractivity contribution < 1.29 is 13.9 Å². The molecule has 2 heterocycles. The molecule has 136 valence electrons. The molecule has 2 aromatic heterocycles. The van der Waals surface area contributed by atoms with Crippen LogP contribution in [0, 0.1) is 11.7 Å². The number of nitrogens with zero attached hydrogens (tertiary/aromatic N) is 2. The van der Waals surface area contributed by atoms with Crippen molar-refractivity contribution in [3.63, 3.8) is 0 Å². The highest BCUT2D eigenvalue weighted by Crippen LogP contribution is 2.35. The number of carbonyl (C=O) groups excluding carboxylic acids is 1. The van der Waals surface area contributed by atoms with Crippen LogP contribution in [0.1, 0.15) is 48.4 Å². The SMILES string of the molecule is CCOC(=O)c1nc2cc(F)c(Br)cn2c1C(c1ccccc1)C(C)C. The summed E-state index contributed by atoms with van der Waals surface area (Å²) in [5.74, 6) is -0.827. The predicted molar refractivity (Wildman–Crippen MR) is 102 cm³/mol. The van der Waals surface area contributed by atoms with Gasteiger partial charge in [-0.25, -0.2) is 14.2 Å². The van der Waals surface area contributed by atoms with E-state index in [0.29, 0.717) is 15.8 Å². The lowest BCUT2D eigenvalue weighted by atomic mass is 9.84. The summed E-state index contributed by atoms with van der Waals surface area (Å²) in [5.41, 5.74) is 2.38. The zero-order chi connectivity index (χ0) is 18.8. The number of fused-ring (bicyclic) bond motifs is 1. The predicted octanol–water partition coefficient (Wildman–Crippen LogP) is 5.20. The molecule has 0 saturated carbocycles. The number of hydrogen-bond donors (Lipinski definition) is 0.